The van der Waals surface area contributed by atoms with Crippen molar-refractivity contribution >= 4 is 0 Å². The van der Waals surface area contributed by atoms with Crippen LogP contribution in [0.15, 0.2) is 24.3 Å². The fourth-order valence-corrected chi connectivity index (χ4v) is 1.66. The molecule has 0 bridgehead atoms. The Balaban J connectivity index is 2.82. The van der Waals surface area contributed by atoms with Crippen molar-refractivity contribution in [3.63, 3.8) is 0 Å². The summed E-state index contributed by atoms with van der Waals surface area (Å²) in [7, 11) is 0. The highest BCUT2D eigenvalue weighted by atomic mass is 16.5. The third-order valence-corrected chi connectivity index (χ3v) is 2.34. The molecule has 1 rings (SSSR count). The van der Waals surface area contributed by atoms with E-state index in [1.807, 2.05) is 25.1 Å². The molecule has 2 nitrogen and oxygen atoms in total. The molecule has 1 unspecified atom stereocenters. The van der Waals surface area contributed by atoms with Gasteiger partial charge in [0.25, 0.3) is 0 Å². The summed E-state index contributed by atoms with van der Waals surface area (Å²) in [6.45, 7) is 5.65. The van der Waals surface area contributed by atoms with E-state index >= 15 is 0 Å². The van der Waals surface area contributed by atoms with Crippen LogP contribution in [0.5, 0.6) is 5.75 Å². The molecule has 1 aromatic carbocycles. The van der Waals surface area contributed by atoms with Crippen molar-refractivity contribution in [2.45, 2.75) is 26.3 Å². The van der Waals surface area contributed by atoms with Crippen molar-refractivity contribution in [2.24, 2.45) is 0 Å². The molecule has 0 aliphatic carbocycles. The van der Waals surface area contributed by atoms with Crippen molar-refractivity contribution in [2.75, 3.05) is 13.2 Å². The van der Waals surface area contributed by atoms with Crippen LogP contribution in [0.1, 0.15) is 31.9 Å². The first-order chi connectivity index (χ1) is 7.81. The van der Waals surface area contributed by atoms with Gasteiger partial charge in [-0.2, -0.15) is 0 Å². The first-order valence-electron chi connectivity index (χ1n) is 5.71. The number of benzene rings is 1. The van der Waals surface area contributed by atoms with Crippen LogP contribution in [0.4, 0.5) is 0 Å². The smallest absolute Gasteiger partial charge is 0.119 e. The first kappa shape index (κ1) is 12.6. The second-order valence-electron chi connectivity index (χ2n) is 3.52. The molecule has 1 atom stereocenters. The van der Waals surface area contributed by atoms with Gasteiger partial charge < -0.3 is 10.1 Å². The van der Waals surface area contributed by atoms with Gasteiger partial charge in [0.2, 0.25) is 0 Å². The molecule has 0 amide bonds. The van der Waals surface area contributed by atoms with E-state index < -0.39 is 0 Å². The SMILES string of the molecule is C#CCC(NCC)c1cccc(OCC)c1. The van der Waals surface area contributed by atoms with Gasteiger partial charge in [-0.25, -0.2) is 0 Å². The van der Waals surface area contributed by atoms with Gasteiger partial charge in [-0.1, -0.05) is 19.1 Å². The van der Waals surface area contributed by atoms with E-state index in [1.54, 1.807) is 0 Å². The summed E-state index contributed by atoms with van der Waals surface area (Å²) in [5.41, 5.74) is 1.19. The Hall–Kier alpha value is -1.46. The molecule has 16 heavy (non-hydrogen) atoms. The van der Waals surface area contributed by atoms with Crippen molar-refractivity contribution < 1.29 is 4.74 Å². The third-order valence-electron chi connectivity index (χ3n) is 2.34. The molecule has 0 saturated carbocycles. The van der Waals surface area contributed by atoms with Gasteiger partial charge in [-0.3, -0.25) is 0 Å². The molecule has 0 aliphatic heterocycles. The lowest BCUT2D eigenvalue weighted by Gasteiger charge is -2.16. The molecular formula is C14H19NO. The summed E-state index contributed by atoms with van der Waals surface area (Å²) in [6.07, 6.45) is 6.07. The maximum atomic E-state index is 5.47. The lowest BCUT2D eigenvalue weighted by molar-refractivity contribution is 0.339. The van der Waals surface area contributed by atoms with E-state index in [4.69, 9.17) is 11.2 Å². The molecule has 0 spiro atoms. The highest BCUT2D eigenvalue weighted by Gasteiger charge is 2.09. The number of rotatable bonds is 6. The topological polar surface area (TPSA) is 21.3 Å². The Labute approximate surface area is 98.0 Å². The Morgan fingerprint density at radius 3 is 2.88 bits per heavy atom. The molecule has 1 aromatic rings. The van der Waals surface area contributed by atoms with Gasteiger partial charge in [0.1, 0.15) is 5.75 Å². The molecule has 0 radical (unpaired) electrons. The lowest BCUT2D eigenvalue weighted by Crippen LogP contribution is -2.20. The predicted molar refractivity (Wildman–Crippen MR) is 67.5 cm³/mol. The molecule has 86 valence electrons. The number of nitrogens with one attached hydrogen (secondary N) is 1. The summed E-state index contributed by atoms with van der Waals surface area (Å²) >= 11 is 0. The second kappa shape index (κ2) is 6.92. The van der Waals surface area contributed by atoms with E-state index in [2.05, 4.69) is 24.2 Å². The highest BCUT2D eigenvalue weighted by molar-refractivity contribution is 5.31. The van der Waals surface area contributed by atoms with Crippen LogP contribution >= 0.6 is 0 Å². The Kier molecular flexibility index (Phi) is 5.45. The molecule has 0 fully saturated rings. The second-order valence-corrected chi connectivity index (χ2v) is 3.52. The summed E-state index contributed by atoms with van der Waals surface area (Å²) in [5, 5.41) is 3.37. The average Bonchev–Trinajstić information content (AvgIpc) is 2.30. The van der Waals surface area contributed by atoms with Gasteiger partial charge >= 0.3 is 0 Å². The Morgan fingerprint density at radius 1 is 1.44 bits per heavy atom. The van der Waals surface area contributed by atoms with Gasteiger partial charge in [-0.15, -0.1) is 12.3 Å². The zero-order chi connectivity index (χ0) is 11.8. The number of hydrogen-bond acceptors (Lipinski definition) is 2. The van der Waals surface area contributed by atoms with Crippen molar-refractivity contribution in [1.82, 2.24) is 5.32 Å². The predicted octanol–water partition coefficient (Wildman–Crippen LogP) is 2.76. The van der Waals surface area contributed by atoms with E-state index in [0.29, 0.717) is 13.0 Å². The third kappa shape index (κ3) is 3.60. The van der Waals surface area contributed by atoms with Crippen molar-refractivity contribution in [3.8, 4) is 18.1 Å². The number of hydrogen-bond donors (Lipinski definition) is 1. The maximum Gasteiger partial charge on any atom is 0.119 e. The van der Waals surface area contributed by atoms with Crippen molar-refractivity contribution in [1.29, 1.82) is 0 Å². The Bertz CT molecular complexity index is 354. The number of ether oxygens (including phenoxy) is 1. The van der Waals surface area contributed by atoms with Crippen LogP contribution in [0.2, 0.25) is 0 Å². The fourth-order valence-electron chi connectivity index (χ4n) is 1.66. The molecule has 0 aromatic heterocycles. The standard InChI is InChI=1S/C14H19NO/c1-4-8-14(15-5-2)12-9-7-10-13(11-12)16-6-3/h1,7,9-11,14-15H,5-6,8H2,2-3H3. The van der Waals surface area contributed by atoms with Crippen molar-refractivity contribution in [3.05, 3.63) is 29.8 Å². The lowest BCUT2D eigenvalue weighted by atomic mass is 10.0. The fraction of sp³-hybridized carbons (Fsp3) is 0.429. The van der Waals surface area contributed by atoms with Gasteiger partial charge in [-0.05, 0) is 31.2 Å². The van der Waals surface area contributed by atoms with E-state index in [9.17, 15) is 0 Å². The molecule has 0 aliphatic rings. The summed E-state index contributed by atoms with van der Waals surface area (Å²) < 4.78 is 5.47. The van der Waals surface area contributed by atoms with Crippen LogP contribution in [0, 0.1) is 12.3 Å². The van der Waals surface area contributed by atoms with Crippen LogP contribution in [0.25, 0.3) is 0 Å². The normalized spacial score (nSPS) is 11.8. The highest BCUT2D eigenvalue weighted by Crippen LogP contribution is 2.21. The minimum absolute atomic E-state index is 0.218. The van der Waals surface area contributed by atoms with E-state index in [1.165, 1.54) is 5.56 Å². The summed E-state index contributed by atoms with van der Waals surface area (Å²) in [5.74, 6) is 3.60. The number of terminal acetylenes is 1. The van der Waals surface area contributed by atoms with Crippen LogP contribution in [-0.4, -0.2) is 13.2 Å². The minimum Gasteiger partial charge on any atom is -0.494 e. The molecule has 2 heteroatoms. The van der Waals surface area contributed by atoms with E-state index in [0.717, 1.165) is 12.3 Å². The monoisotopic (exact) mass is 217 g/mol. The van der Waals surface area contributed by atoms with Gasteiger partial charge in [0, 0.05) is 12.5 Å². The minimum atomic E-state index is 0.218. The maximum absolute atomic E-state index is 5.47. The van der Waals surface area contributed by atoms with Crippen LogP contribution in [-0.2, 0) is 0 Å². The van der Waals surface area contributed by atoms with E-state index in [-0.39, 0.29) is 6.04 Å². The van der Waals surface area contributed by atoms with Gasteiger partial charge in [0.05, 0.1) is 6.61 Å². The zero-order valence-electron chi connectivity index (χ0n) is 9.99. The van der Waals surface area contributed by atoms with Crippen LogP contribution in [0.3, 0.4) is 0 Å². The summed E-state index contributed by atoms with van der Waals surface area (Å²) in [6, 6.07) is 8.31. The molecule has 1 N–H and O–H groups in total. The summed E-state index contributed by atoms with van der Waals surface area (Å²) in [4.78, 5) is 0. The average molecular weight is 217 g/mol. The Morgan fingerprint density at radius 2 is 2.25 bits per heavy atom. The van der Waals surface area contributed by atoms with Crippen LogP contribution < -0.4 is 10.1 Å². The zero-order valence-corrected chi connectivity index (χ0v) is 9.99. The molecule has 0 heterocycles. The molecular weight excluding hydrogens is 198 g/mol. The first-order valence-corrected chi connectivity index (χ1v) is 5.71. The molecule has 0 saturated heterocycles. The largest absolute Gasteiger partial charge is 0.494 e. The quantitative estimate of drug-likeness (QED) is 0.740. The van der Waals surface area contributed by atoms with Gasteiger partial charge in [0.15, 0.2) is 0 Å².